The van der Waals surface area contributed by atoms with E-state index in [4.69, 9.17) is 4.52 Å². The highest BCUT2D eigenvalue weighted by Gasteiger charge is 2.23. The molecule has 23 heavy (non-hydrogen) atoms. The van der Waals surface area contributed by atoms with Gasteiger partial charge in [-0.1, -0.05) is 12.1 Å². The van der Waals surface area contributed by atoms with Gasteiger partial charge in [0.1, 0.15) is 5.76 Å². The van der Waals surface area contributed by atoms with Crippen LogP contribution in [0, 0.1) is 12.8 Å². The van der Waals surface area contributed by atoms with Gasteiger partial charge in [0.05, 0.1) is 11.0 Å². The van der Waals surface area contributed by atoms with E-state index in [0.29, 0.717) is 17.5 Å². The molecule has 2 heterocycles. The number of hydrogen-bond acceptors (Lipinski definition) is 6. The summed E-state index contributed by atoms with van der Waals surface area (Å²) in [6.45, 7) is 7.48. The highest BCUT2D eigenvalue weighted by molar-refractivity contribution is 8.01. The molecule has 7 nitrogen and oxygen atoms in total. The third-order valence-corrected chi connectivity index (χ3v) is 5.03. The van der Waals surface area contributed by atoms with Crippen LogP contribution in [0.25, 0.3) is 0 Å². The van der Waals surface area contributed by atoms with E-state index >= 15 is 0 Å². The molecule has 3 N–H and O–H groups in total. The van der Waals surface area contributed by atoms with E-state index in [2.05, 4.69) is 28.0 Å². The molecule has 128 valence electrons. The normalized spacial score (nSPS) is 22.4. The van der Waals surface area contributed by atoms with E-state index in [1.165, 1.54) is 11.8 Å². The Bertz CT molecular complexity index is 549. The van der Waals surface area contributed by atoms with Gasteiger partial charge in [-0.15, -0.1) is 11.8 Å². The topological polar surface area (TPSA) is 96.3 Å². The molecule has 2 rings (SSSR count). The van der Waals surface area contributed by atoms with Crippen molar-refractivity contribution in [1.29, 1.82) is 0 Å². The van der Waals surface area contributed by atoms with Crippen molar-refractivity contribution in [1.82, 2.24) is 15.8 Å². The van der Waals surface area contributed by atoms with Crippen LogP contribution in [0.1, 0.15) is 26.0 Å². The largest absolute Gasteiger partial charge is 0.360 e. The number of nitrogens with one attached hydrogen (secondary N) is 3. The molecular formula is C15H24N4O3S. The lowest BCUT2D eigenvalue weighted by molar-refractivity contribution is -0.119. The molecular weight excluding hydrogens is 316 g/mol. The molecule has 1 aliphatic rings. The van der Waals surface area contributed by atoms with Crippen LogP contribution >= 0.6 is 11.8 Å². The molecule has 0 aromatic carbocycles. The number of piperidine rings is 1. The standard InChI is InChI=1S/C15H24N4O3S/c1-9-4-5-16-7-12(9)17-14(20)8-23-11(3)15(21)18-13-6-10(2)22-19-13/h6,9,11-12,16H,4-5,7-8H2,1-3H3,(H,17,20)(H,18,19,21). The Morgan fingerprint density at radius 2 is 2.35 bits per heavy atom. The van der Waals surface area contributed by atoms with Crippen molar-refractivity contribution in [3.8, 4) is 0 Å². The number of amides is 2. The lowest BCUT2D eigenvalue weighted by Gasteiger charge is -2.30. The van der Waals surface area contributed by atoms with Crippen molar-refractivity contribution < 1.29 is 14.1 Å². The molecule has 0 saturated carbocycles. The van der Waals surface area contributed by atoms with Gasteiger partial charge in [0.15, 0.2) is 5.82 Å². The fraction of sp³-hybridized carbons (Fsp3) is 0.667. The number of carbonyl (C=O) groups excluding carboxylic acids is 2. The maximum Gasteiger partial charge on any atom is 0.238 e. The van der Waals surface area contributed by atoms with Gasteiger partial charge in [0, 0.05) is 18.7 Å². The lowest BCUT2D eigenvalue weighted by Crippen LogP contribution is -2.50. The maximum atomic E-state index is 12.0. The first-order valence-corrected chi connectivity index (χ1v) is 8.86. The van der Waals surface area contributed by atoms with Gasteiger partial charge in [0.2, 0.25) is 11.8 Å². The van der Waals surface area contributed by atoms with Crippen LogP contribution < -0.4 is 16.0 Å². The van der Waals surface area contributed by atoms with Crippen molar-refractivity contribution in [3.05, 3.63) is 11.8 Å². The van der Waals surface area contributed by atoms with E-state index in [0.717, 1.165) is 19.5 Å². The molecule has 3 atom stereocenters. The second-order valence-electron chi connectivity index (χ2n) is 5.91. The Labute approximate surface area is 140 Å². The first kappa shape index (κ1) is 17.8. The highest BCUT2D eigenvalue weighted by Crippen LogP contribution is 2.15. The molecule has 1 fully saturated rings. The summed E-state index contributed by atoms with van der Waals surface area (Å²) in [5, 5.41) is 12.4. The van der Waals surface area contributed by atoms with Crippen LogP contribution in [0.3, 0.4) is 0 Å². The molecule has 0 spiro atoms. The molecule has 0 aliphatic carbocycles. The van der Waals surface area contributed by atoms with Crippen molar-refractivity contribution >= 4 is 29.4 Å². The summed E-state index contributed by atoms with van der Waals surface area (Å²) in [5.41, 5.74) is 0. The minimum absolute atomic E-state index is 0.0347. The number of anilines is 1. The van der Waals surface area contributed by atoms with Gasteiger partial charge >= 0.3 is 0 Å². The van der Waals surface area contributed by atoms with Crippen LogP contribution in [-0.2, 0) is 9.59 Å². The van der Waals surface area contributed by atoms with Gasteiger partial charge in [0.25, 0.3) is 0 Å². The van der Waals surface area contributed by atoms with Crippen LogP contribution in [0.5, 0.6) is 0 Å². The van der Waals surface area contributed by atoms with Crippen LogP contribution in [0.4, 0.5) is 5.82 Å². The average molecular weight is 340 g/mol. The van der Waals surface area contributed by atoms with Gasteiger partial charge in [-0.2, -0.15) is 0 Å². The number of carbonyl (C=O) groups is 2. The van der Waals surface area contributed by atoms with E-state index in [-0.39, 0.29) is 28.9 Å². The lowest BCUT2D eigenvalue weighted by atomic mass is 9.95. The molecule has 1 aliphatic heterocycles. The van der Waals surface area contributed by atoms with Crippen molar-refractivity contribution in [3.63, 3.8) is 0 Å². The quantitative estimate of drug-likeness (QED) is 0.719. The number of rotatable bonds is 6. The molecule has 1 aromatic heterocycles. The summed E-state index contributed by atoms with van der Waals surface area (Å²) in [5.74, 6) is 1.54. The Morgan fingerprint density at radius 3 is 3.00 bits per heavy atom. The Morgan fingerprint density at radius 1 is 1.57 bits per heavy atom. The highest BCUT2D eigenvalue weighted by atomic mass is 32.2. The van der Waals surface area contributed by atoms with Gasteiger partial charge < -0.3 is 20.5 Å². The van der Waals surface area contributed by atoms with Gasteiger partial charge in [-0.05, 0) is 32.7 Å². The summed E-state index contributed by atoms with van der Waals surface area (Å²) in [6, 6.07) is 1.82. The van der Waals surface area contributed by atoms with E-state index < -0.39 is 0 Å². The first-order chi connectivity index (χ1) is 11.0. The number of aryl methyl sites for hydroxylation is 1. The molecule has 8 heteroatoms. The fourth-order valence-corrected chi connectivity index (χ4v) is 3.06. The van der Waals surface area contributed by atoms with Gasteiger partial charge in [-0.25, -0.2) is 0 Å². The molecule has 2 amide bonds. The van der Waals surface area contributed by atoms with E-state index in [1.54, 1.807) is 19.9 Å². The summed E-state index contributed by atoms with van der Waals surface area (Å²) in [6.07, 6.45) is 1.06. The van der Waals surface area contributed by atoms with Crippen molar-refractivity contribution in [2.75, 3.05) is 24.2 Å². The van der Waals surface area contributed by atoms with Crippen LogP contribution in [0.2, 0.25) is 0 Å². The maximum absolute atomic E-state index is 12.0. The zero-order valence-corrected chi connectivity index (χ0v) is 14.5. The Hall–Kier alpha value is -1.54. The minimum Gasteiger partial charge on any atom is -0.360 e. The van der Waals surface area contributed by atoms with Gasteiger partial charge in [-0.3, -0.25) is 9.59 Å². The third kappa shape index (κ3) is 5.54. The molecule has 1 saturated heterocycles. The predicted octanol–water partition coefficient (Wildman–Crippen LogP) is 1.16. The Kier molecular flexibility index (Phi) is 6.47. The zero-order valence-electron chi connectivity index (χ0n) is 13.7. The number of thioether (sulfide) groups is 1. The van der Waals surface area contributed by atoms with Crippen molar-refractivity contribution in [2.24, 2.45) is 5.92 Å². The molecule has 1 aromatic rings. The second kappa shape index (κ2) is 8.35. The molecule has 0 radical (unpaired) electrons. The van der Waals surface area contributed by atoms with E-state index in [1.807, 2.05) is 0 Å². The fourth-order valence-electron chi connectivity index (χ4n) is 2.36. The Balaban J connectivity index is 1.71. The van der Waals surface area contributed by atoms with Crippen LogP contribution in [-0.4, -0.2) is 47.1 Å². The summed E-state index contributed by atoms with van der Waals surface area (Å²) in [4.78, 5) is 24.0. The zero-order chi connectivity index (χ0) is 16.8. The smallest absolute Gasteiger partial charge is 0.238 e. The first-order valence-electron chi connectivity index (χ1n) is 7.81. The monoisotopic (exact) mass is 340 g/mol. The molecule has 3 unspecified atom stereocenters. The number of nitrogens with zero attached hydrogens (tertiary/aromatic N) is 1. The summed E-state index contributed by atoms with van der Waals surface area (Å²) >= 11 is 1.31. The van der Waals surface area contributed by atoms with E-state index in [9.17, 15) is 9.59 Å². The number of aromatic nitrogens is 1. The average Bonchev–Trinajstić information content (AvgIpc) is 2.92. The van der Waals surface area contributed by atoms with Crippen molar-refractivity contribution in [2.45, 2.75) is 38.5 Å². The van der Waals surface area contributed by atoms with Crippen LogP contribution in [0.15, 0.2) is 10.6 Å². The second-order valence-corrected chi connectivity index (χ2v) is 7.24. The number of hydrogen-bond donors (Lipinski definition) is 3. The summed E-state index contributed by atoms with van der Waals surface area (Å²) in [7, 11) is 0. The summed E-state index contributed by atoms with van der Waals surface area (Å²) < 4.78 is 4.90. The molecule has 0 bridgehead atoms. The third-order valence-electron chi connectivity index (χ3n) is 3.89. The SMILES string of the molecule is Cc1cc(NC(=O)C(C)SCC(=O)NC2CNCCC2C)no1. The predicted molar refractivity (Wildman–Crippen MR) is 90.4 cm³/mol. The minimum atomic E-state index is -0.348.